The topological polar surface area (TPSA) is 82.8 Å². The van der Waals surface area contributed by atoms with Crippen LogP contribution in [-0.2, 0) is 23.2 Å². The molecule has 3 rings (SSSR count). The number of guanidine groups is 1. The zero-order valence-electron chi connectivity index (χ0n) is 17.8. The Kier molecular flexibility index (Phi) is 6.56. The largest absolute Gasteiger partial charge is 0.443 e. The number of carbonyl (C=O) groups is 1. The number of carbonyl (C=O) groups excluding carboxylic acids is 1. The maximum absolute atomic E-state index is 12.8. The van der Waals surface area contributed by atoms with Crippen LogP contribution in [0.25, 0.3) is 0 Å². The van der Waals surface area contributed by atoms with E-state index in [4.69, 9.17) is 4.42 Å². The molecule has 0 unspecified atom stereocenters. The molecule has 0 bridgehead atoms. The summed E-state index contributed by atoms with van der Waals surface area (Å²) in [6.45, 7) is 10.2. The predicted octanol–water partition coefficient (Wildman–Crippen LogP) is 3.01. The molecule has 0 spiro atoms. The van der Waals surface area contributed by atoms with E-state index in [1.807, 2.05) is 30.0 Å². The van der Waals surface area contributed by atoms with E-state index in [2.05, 4.69) is 47.4 Å². The van der Waals surface area contributed by atoms with Gasteiger partial charge < -0.3 is 20.0 Å². The molecule has 0 fully saturated rings. The third-order valence-electron chi connectivity index (χ3n) is 4.83. The first-order chi connectivity index (χ1) is 13.9. The average Bonchev–Trinajstić information content (AvgIpc) is 3.19. The van der Waals surface area contributed by atoms with Crippen molar-refractivity contribution in [3.05, 3.63) is 47.7 Å². The van der Waals surface area contributed by atoms with Crippen LogP contribution in [0.2, 0.25) is 0 Å². The zero-order chi connectivity index (χ0) is 20.9. The van der Waals surface area contributed by atoms with Crippen molar-refractivity contribution in [3.63, 3.8) is 0 Å². The third kappa shape index (κ3) is 5.37. The molecule has 0 radical (unpaired) electrons. The summed E-state index contributed by atoms with van der Waals surface area (Å²) in [5.41, 5.74) is 2.15. The van der Waals surface area contributed by atoms with Gasteiger partial charge in [0.2, 0.25) is 11.8 Å². The number of hydrogen-bond acceptors (Lipinski definition) is 4. The molecular formula is C22H31N5O2. The number of nitrogens with one attached hydrogen (secondary N) is 2. The van der Waals surface area contributed by atoms with Gasteiger partial charge in [-0.15, -0.1) is 0 Å². The molecule has 2 aromatic rings. The highest BCUT2D eigenvalue weighted by molar-refractivity contribution is 5.97. The molecule has 1 aromatic heterocycles. The molecule has 0 saturated heterocycles. The molecule has 0 aliphatic carbocycles. The van der Waals surface area contributed by atoms with Gasteiger partial charge in [0.1, 0.15) is 12.3 Å². The van der Waals surface area contributed by atoms with Crippen LogP contribution in [0.3, 0.4) is 0 Å². The summed E-state index contributed by atoms with van der Waals surface area (Å²) in [5.74, 6) is 2.01. The Morgan fingerprint density at radius 3 is 2.79 bits per heavy atom. The number of fused-ring (bicyclic) bond motifs is 1. The van der Waals surface area contributed by atoms with Gasteiger partial charge in [-0.05, 0) is 31.4 Å². The van der Waals surface area contributed by atoms with Crippen molar-refractivity contribution in [2.75, 3.05) is 24.5 Å². The van der Waals surface area contributed by atoms with E-state index < -0.39 is 0 Å². The third-order valence-corrected chi connectivity index (χ3v) is 4.83. The van der Waals surface area contributed by atoms with Crippen LogP contribution in [0.1, 0.15) is 51.3 Å². The summed E-state index contributed by atoms with van der Waals surface area (Å²) >= 11 is 0. The van der Waals surface area contributed by atoms with Gasteiger partial charge in [-0.25, -0.2) is 9.98 Å². The summed E-state index contributed by atoms with van der Waals surface area (Å²) in [5, 5.41) is 6.36. The Bertz CT molecular complexity index is 866. The molecule has 29 heavy (non-hydrogen) atoms. The standard InChI is InChI=1S/C22H31N5O2/c1-5-23-21(25-14-19-24-13-18(29-19)22(2,3)4)26-15-20(28)27-12-8-10-16-9-6-7-11-17(16)27/h6-7,9,11,13H,5,8,10,12,14-15H2,1-4H3,(H2,23,25,26). The van der Waals surface area contributed by atoms with E-state index >= 15 is 0 Å². The quantitative estimate of drug-likeness (QED) is 0.599. The van der Waals surface area contributed by atoms with Crippen molar-refractivity contribution in [1.29, 1.82) is 0 Å². The molecule has 1 aromatic carbocycles. The molecule has 156 valence electrons. The predicted molar refractivity (Wildman–Crippen MR) is 115 cm³/mol. The summed E-state index contributed by atoms with van der Waals surface area (Å²) < 4.78 is 5.80. The number of nitrogens with zero attached hydrogens (tertiary/aromatic N) is 3. The Morgan fingerprint density at radius 1 is 1.28 bits per heavy atom. The smallest absolute Gasteiger partial charge is 0.248 e. The summed E-state index contributed by atoms with van der Waals surface area (Å²) in [4.78, 5) is 23.4. The maximum atomic E-state index is 12.8. The first-order valence-corrected chi connectivity index (χ1v) is 10.2. The van der Waals surface area contributed by atoms with E-state index in [1.165, 1.54) is 5.56 Å². The van der Waals surface area contributed by atoms with Gasteiger partial charge >= 0.3 is 0 Å². The molecule has 2 heterocycles. The normalized spacial score (nSPS) is 14.5. The maximum Gasteiger partial charge on any atom is 0.248 e. The lowest BCUT2D eigenvalue weighted by atomic mass is 9.94. The number of para-hydroxylation sites is 1. The number of rotatable bonds is 5. The molecule has 2 N–H and O–H groups in total. The van der Waals surface area contributed by atoms with Gasteiger partial charge in [0.15, 0.2) is 5.96 Å². The van der Waals surface area contributed by atoms with E-state index in [-0.39, 0.29) is 17.9 Å². The average molecular weight is 398 g/mol. The monoisotopic (exact) mass is 397 g/mol. The van der Waals surface area contributed by atoms with Crippen LogP contribution in [-0.4, -0.2) is 36.5 Å². The van der Waals surface area contributed by atoms with E-state index in [1.54, 1.807) is 6.20 Å². The SMILES string of the molecule is CCNC(=NCC(=O)N1CCCc2ccccc21)NCc1ncc(C(C)(C)C)o1. The second kappa shape index (κ2) is 9.11. The van der Waals surface area contributed by atoms with E-state index in [0.29, 0.717) is 24.9 Å². The van der Waals surface area contributed by atoms with Crippen molar-refractivity contribution < 1.29 is 9.21 Å². The van der Waals surface area contributed by atoms with Crippen LogP contribution < -0.4 is 15.5 Å². The first-order valence-electron chi connectivity index (χ1n) is 10.2. The van der Waals surface area contributed by atoms with Crippen LogP contribution in [0.5, 0.6) is 0 Å². The number of oxazole rings is 1. The highest BCUT2D eigenvalue weighted by atomic mass is 16.4. The number of hydrogen-bond donors (Lipinski definition) is 2. The van der Waals surface area contributed by atoms with Crippen molar-refractivity contribution >= 4 is 17.6 Å². The number of aryl methyl sites for hydroxylation is 1. The van der Waals surface area contributed by atoms with Gasteiger partial charge in [0.05, 0.1) is 12.7 Å². The van der Waals surface area contributed by atoms with Crippen LogP contribution in [0, 0.1) is 0 Å². The molecule has 1 amide bonds. The van der Waals surface area contributed by atoms with Gasteiger partial charge in [-0.2, -0.15) is 0 Å². The van der Waals surface area contributed by atoms with Gasteiger partial charge in [-0.3, -0.25) is 4.79 Å². The van der Waals surface area contributed by atoms with E-state index in [0.717, 1.165) is 30.8 Å². The zero-order valence-corrected chi connectivity index (χ0v) is 17.8. The van der Waals surface area contributed by atoms with Gasteiger partial charge in [0.25, 0.3) is 0 Å². The van der Waals surface area contributed by atoms with Crippen molar-refractivity contribution in [2.24, 2.45) is 4.99 Å². The molecule has 7 nitrogen and oxygen atoms in total. The van der Waals surface area contributed by atoms with Crippen LogP contribution >= 0.6 is 0 Å². The number of aliphatic imine (C=N–C) groups is 1. The highest BCUT2D eigenvalue weighted by Crippen LogP contribution is 2.26. The Hall–Kier alpha value is -2.83. The number of anilines is 1. The molecule has 0 saturated carbocycles. The lowest BCUT2D eigenvalue weighted by Crippen LogP contribution is -2.40. The van der Waals surface area contributed by atoms with Crippen molar-refractivity contribution in [2.45, 2.75) is 52.5 Å². The van der Waals surface area contributed by atoms with Crippen LogP contribution in [0.15, 0.2) is 39.9 Å². The number of amides is 1. The molecule has 7 heteroatoms. The molecule has 1 aliphatic heterocycles. The van der Waals surface area contributed by atoms with E-state index in [9.17, 15) is 4.79 Å². The van der Waals surface area contributed by atoms with Gasteiger partial charge in [0, 0.05) is 24.2 Å². The lowest BCUT2D eigenvalue weighted by Gasteiger charge is -2.29. The minimum atomic E-state index is -0.0823. The highest BCUT2D eigenvalue weighted by Gasteiger charge is 2.22. The molecular weight excluding hydrogens is 366 g/mol. The number of aromatic nitrogens is 1. The minimum Gasteiger partial charge on any atom is -0.443 e. The molecule has 1 aliphatic rings. The fraction of sp³-hybridized carbons (Fsp3) is 0.500. The Balaban J connectivity index is 1.62. The minimum absolute atomic E-state index is 0.000459. The fourth-order valence-corrected chi connectivity index (χ4v) is 3.26. The van der Waals surface area contributed by atoms with Crippen molar-refractivity contribution in [3.8, 4) is 0 Å². The lowest BCUT2D eigenvalue weighted by molar-refractivity contribution is -0.117. The first kappa shape index (κ1) is 20.9. The second-order valence-corrected chi connectivity index (χ2v) is 8.19. The van der Waals surface area contributed by atoms with Gasteiger partial charge in [-0.1, -0.05) is 39.0 Å². The summed E-state index contributed by atoms with van der Waals surface area (Å²) in [7, 11) is 0. The summed E-state index contributed by atoms with van der Waals surface area (Å²) in [6.07, 6.45) is 3.75. The number of benzene rings is 1. The fourth-order valence-electron chi connectivity index (χ4n) is 3.26. The van der Waals surface area contributed by atoms with Crippen molar-refractivity contribution in [1.82, 2.24) is 15.6 Å². The Labute approximate surface area is 172 Å². The Morgan fingerprint density at radius 2 is 2.07 bits per heavy atom. The second-order valence-electron chi connectivity index (χ2n) is 8.19. The summed E-state index contributed by atoms with van der Waals surface area (Å²) in [6, 6.07) is 8.09. The molecule has 0 atom stereocenters. The van der Waals surface area contributed by atoms with Crippen LogP contribution in [0.4, 0.5) is 5.69 Å².